The average Bonchev–Trinajstić information content (AvgIpc) is 3.82. The summed E-state index contributed by atoms with van der Waals surface area (Å²) < 4.78 is 0. The third kappa shape index (κ3) is 5.83. The van der Waals surface area contributed by atoms with Crippen LogP contribution in [0.3, 0.4) is 0 Å². The first-order chi connectivity index (χ1) is 30.8. The Kier molecular flexibility index (Phi) is 8.89. The first kappa shape index (κ1) is 36.6. The summed E-state index contributed by atoms with van der Waals surface area (Å²) in [5.74, 6) is 0.706. The number of benzene rings is 9. The zero-order valence-electron chi connectivity index (χ0n) is 34.8. The lowest BCUT2D eigenvalue weighted by Crippen LogP contribution is -2.26. The third-order valence-corrected chi connectivity index (χ3v) is 14.1. The highest BCUT2D eigenvalue weighted by Gasteiger charge is 2.51. The van der Waals surface area contributed by atoms with Gasteiger partial charge in [0.2, 0.25) is 0 Å². The highest BCUT2D eigenvalue weighted by atomic mass is 15.1. The molecule has 9 aromatic carbocycles. The minimum Gasteiger partial charge on any atom is -0.310 e. The van der Waals surface area contributed by atoms with Crippen molar-refractivity contribution in [2.45, 2.75) is 43.4 Å². The van der Waals surface area contributed by atoms with Gasteiger partial charge in [0.1, 0.15) is 0 Å². The molecule has 62 heavy (non-hydrogen) atoms. The summed E-state index contributed by atoms with van der Waals surface area (Å²) in [7, 11) is 0. The lowest BCUT2D eigenvalue weighted by molar-refractivity contribution is 0.443. The molecule has 1 saturated carbocycles. The molecule has 1 nitrogen and oxygen atoms in total. The zero-order valence-corrected chi connectivity index (χ0v) is 34.8. The van der Waals surface area contributed by atoms with Gasteiger partial charge in [-0.25, -0.2) is 0 Å². The maximum atomic E-state index is 2.49. The Morgan fingerprint density at radius 1 is 0.306 bits per heavy atom. The SMILES string of the molecule is c1ccc(-c2ccccc2-c2ccc(N(c3ccc(-c4ccc(C5CCCCC5)cc4)cc3)c3ccc4c(c3)C3(c5ccccc5-c5ccccc53)c3ccccc3-4)cc2)cc1. The van der Waals surface area contributed by atoms with Gasteiger partial charge < -0.3 is 4.90 Å². The van der Waals surface area contributed by atoms with Crippen LogP contribution in [0.25, 0.3) is 55.6 Å². The Morgan fingerprint density at radius 3 is 1.24 bits per heavy atom. The molecular weight excluding hydrogens is 747 g/mol. The molecule has 9 aromatic rings. The number of fused-ring (bicyclic) bond motifs is 10. The molecule has 0 aliphatic heterocycles. The molecule has 0 radical (unpaired) electrons. The molecule has 0 aromatic heterocycles. The fraction of sp³-hybridized carbons (Fsp3) is 0.115. The summed E-state index contributed by atoms with van der Waals surface area (Å²) in [6.07, 6.45) is 6.73. The number of anilines is 3. The predicted molar refractivity (Wildman–Crippen MR) is 260 cm³/mol. The first-order valence-electron chi connectivity index (χ1n) is 22.4. The Bertz CT molecular complexity index is 3020. The predicted octanol–water partition coefficient (Wildman–Crippen LogP) is 16.5. The third-order valence-electron chi connectivity index (χ3n) is 14.1. The van der Waals surface area contributed by atoms with Gasteiger partial charge in [-0.15, -0.1) is 0 Å². The van der Waals surface area contributed by atoms with Crippen molar-refractivity contribution < 1.29 is 0 Å². The average molecular weight is 794 g/mol. The highest BCUT2D eigenvalue weighted by Crippen LogP contribution is 2.63. The van der Waals surface area contributed by atoms with Crippen LogP contribution in [-0.2, 0) is 5.41 Å². The maximum absolute atomic E-state index is 2.49. The Balaban J connectivity index is 0.996. The van der Waals surface area contributed by atoms with E-state index in [1.165, 1.54) is 116 Å². The second-order valence-electron chi connectivity index (χ2n) is 17.4. The highest BCUT2D eigenvalue weighted by molar-refractivity contribution is 5.96. The first-order valence-corrected chi connectivity index (χ1v) is 22.4. The van der Waals surface area contributed by atoms with Crippen LogP contribution >= 0.6 is 0 Å². The Morgan fingerprint density at radius 2 is 0.710 bits per heavy atom. The summed E-state index contributed by atoms with van der Waals surface area (Å²) in [5, 5.41) is 0. The molecule has 0 heterocycles. The van der Waals surface area contributed by atoms with Crippen molar-refractivity contribution in [3.8, 4) is 55.6 Å². The lowest BCUT2D eigenvalue weighted by atomic mass is 9.70. The van der Waals surface area contributed by atoms with Crippen LogP contribution in [0.1, 0.15) is 65.8 Å². The van der Waals surface area contributed by atoms with E-state index in [1.807, 2.05) is 0 Å². The summed E-state index contributed by atoms with van der Waals surface area (Å²) in [4.78, 5) is 2.45. The topological polar surface area (TPSA) is 3.24 Å². The number of rotatable bonds is 7. The molecule has 12 rings (SSSR count). The van der Waals surface area contributed by atoms with E-state index in [1.54, 1.807) is 0 Å². The number of hydrogen-bond donors (Lipinski definition) is 0. The van der Waals surface area contributed by atoms with Crippen molar-refractivity contribution in [1.29, 1.82) is 0 Å². The van der Waals surface area contributed by atoms with Crippen LogP contribution in [0.15, 0.2) is 218 Å². The van der Waals surface area contributed by atoms with Crippen LogP contribution in [0, 0.1) is 0 Å². The normalized spacial score (nSPS) is 14.5. The molecule has 3 aliphatic rings. The van der Waals surface area contributed by atoms with Gasteiger partial charge in [0.25, 0.3) is 0 Å². The van der Waals surface area contributed by atoms with Gasteiger partial charge in [0, 0.05) is 17.1 Å². The molecule has 0 amide bonds. The van der Waals surface area contributed by atoms with E-state index in [-0.39, 0.29) is 0 Å². The Hall–Kier alpha value is -7.22. The fourth-order valence-electron chi connectivity index (χ4n) is 11.3. The molecule has 0 N–H and O–H groups in total. The van der Waals surface area contributed by atoms with Crippen molar-refractivity contribution >= 4 is 17.1 Å². The minimum atomic E-state index is -0.417. The van der Waals surface area contributed by atoms with E-state index >= 15 is 0 Å². The van der Waals surface area contributed by atoms with Crippen molar-refractivity contribution in [2.24, 2.45) is 0 Å². The fourth-order valence-corrected chi connectivity index (χ4v) is 11.3. The standard InChI is InChI=1S/C61H47N/c1-3-15-42(16-4-1)43-27-29-44(30-28-43)45-31-35-48(36-32-45)62(49-37-33-47(34-38-49)52-20-8-7-19-51(52)46-17-5-2-6-18-46)50-39-40-56-55-23-11-14-26-59(55)61(60(56)41-50)57-24-12-9-21-53(57)54-22-10-13-25-58(54)61/h2,5-14,17-42H,1,3-4,15-16H2. The molecule has 3 aliphatic carbocycles. The Labute approximate surface area is 365 Å². The second kappa shape index (κ2) is 15.0. The van der Waals surface area contributed by atoms with Gasteiger partial charge >= 0.3 is 0 Å². The van der Waals surface area contributed by atoms with E-state index in [2.05, 4.69) is 223 Å². The van der Waals surface area contributed by atoms with Crippen LogP contribution < -0.4 is 4.90 Å². The molecule has 0 atom stereocenters. The molecule has 0 bridgehead atoms. The van der Waals surface area contributed by atoms with E-state index in [0.717, 1.165) is 17.1 Å². The van der Waals surface area contributed by atoms with Gasteiger partial charge in [0.15, 0.2) is 0 Å². The number of hydrogen-bond acceptors (Lipinski definition) is 1. The summed E-state index contributed by atoms with van der Waals surface area (Å²) in [6.45, 7) is 0. The van der Waals surface area contributed by atoms with Gasteiger partial charge in [0.05, 0.1) is 5.41 Å². The van der Waals surface area contributed by atoms with Crippen molar-refractivity contribution in [2.75, 3.05) is 4.90 Å². The molecule has 296 valence electrons. The lowest BCUT2D eigenvalue weighted by Gasteiger charge is -2.32. The zero-order chi connectivity index (χ0) is 41.0. The van der Waals surface area contributed by atoms with E-state index in [9.17, 15) is 0 Å². The van der Waals surface area contributed by atoms with Gasteiger partial charge in [-0.1, -0.05) is 201 Å². The van der Waals surface area contributed by atoms with E-state index in [4.69, 9.17) is 0 Å². The van der Waals surface area contributed by atoms with Gasteiger partial charge in [-0.05, 0) is 139 Å². The summed E-state index contributed by atoms with van der Waals surface area (Å²) in [5.41, 5.74) is 22.5. The minimum absolute atomic E-state index is 0.417. The second-order valence-corrected chi connectivity index (χ2v) is 17.4. The van der Waals surface area contributed by atoms with Crippen molar-refractivity contribution in [1.82, 2.24) is 0 Å². The smallest absolute Gasteiger partial charge is 0.0726 e. The van der Waals surface area contributed by atoms with Crippen LogP contribution in [0.5, 0.6) is 0 Å². The van der Waals surface area contributed by atoms with E-state index in [0.29, 0.717) is 5.92 Å². The largest absolute Gasteiger partial charge is 0.310 e. The number of nitrogens with zero attached hydrogens (tertiary/aromatic N) is 1. The molecule has 1 spiro atoms. The van der Waals surface area contributed by atoms with E-state index < -0.39 is 5.41 Å². The molecule has 1 heteroatoms. The summed E-state index contributed by atoms with van der Waals surface area (Å²) in [6, 6.07) is 81.7. The van der Waals surface area contributed by atoms with Crippen molar-refractivity contribution in [3.05, 3.63) is 246 Å². The van der Waals surface area contributed by atoms with Crippen LogP contribution in [-0.4, -0.2) is 0 Å². The van der Waals surface area contributed by atoms with Gasteiger partial charge in [-0.2, -0.15) is 0 Å². The van der Waals surface area contributed by atoms with Crippen LogP contribution in [0.2, 0.25) is 0 Å². The molecular formula is C61H47N. The molecule has 1 fully saturated rings. The van der Waals surface area contributed by atoms with Crippen molar-refractivity contribution in [3.63, 3.8) is 0 Å². The molecule has 0 saturated heterocycles. The van der Waals surface area contributed by atoms with Crippen LogP contribution in [0.4, 0.5) is 17.1 Å². The van der Waals surface area contributed by atoms with Gasteiger partial charge in [-0.3, -0.25) is 0 Å². The monoisotopic (exact) mass is 793 g/mol. The summed E-state index contributed by atoms with van der Waals surface area (Å²) >= 11 is 0. The maximum Gasteiger partial charge on any atom is 0.0726 e. The molecule has 0 unspecified atom stereocenters. The quantitative estimate of drug-likeness (QED) is 0.155.